The molecule has 1 saturated heterocycles. The number of hydrogen-bond acceptors (Lipinski definition) is 4. The number of thiophene rings is 1. The van der Waals surface area contributed by atoms with Gasteiger partial charge in [-0.05, 0) is 60.3 Å². The van der Waals surface area contributed by atoms with E-state index in [1.165, 1.54) is 18.4 Å². The average Bonchev–Trinajstić information content (AvgIpc) is 3.19. The first-order valence-corrected chi connectivity index (χ1v) is 8.91. The smallest absolute Gasteiger partial charge is 0.258 e. The highest BCUT2D eigenvalue weighted by Gasteiger charge is 2.26. The number of aromatic nitrogens is 2. The third-order valence-electron chi connectivity index (χ3n) is 4.60. The molecular formula is C18H19N3OS. The van der Waals surface area contributed by atoms with Gasteiger partial charge >= 0.3 is 0 Å². The maximum Gasteiger partial charge on any atom is 0.258 e. The number of fused-ring (bicyclic) bond motifs is 1. The summed E-state index contributed by atoms with van der Waals surface area (Å²) in [5.74, 6) is 0. The lowest BCUT2D eigenvalue weighted by atomic mass is 10.1. The minimum Gasteiger partial charge on any atom is -0.290 e. The Labute approximate surface area is 139 Å². The highest BCUT2D eigenvalue weighted by atomic mass is 32.1. The highest BCUT2D eigenvalue weighted by molar-refractivity contribution is 7.07. The van der Waals surface area contributed by atoms with Gasteiger partial charge in [0.1, 0.15) is 5.65 Å². The quantitative estimate of drug-likeness (QED) is 0.741. The van der Waals surface area contributed by atoms with Crippen molar-refractivity contribution in [2.75, 3.05) is 6.54 Å². The fourth-order valence-electron chi connectivity index (χ4n) is 3.46. The lowest BCUT2D eigenvalue weighted by molar-refractivity contribution is 0.246. The van der Waals surface area contributed by atoms with Crippen molar-refractivity contribution in [1.82, 2.24) is 14.3 Å². The molecule has 3 aromatic rings. The van der Waals surface area contributed by atoms with Gasteiger partial charge < -0.3 is 0 Å². The second-order valence-corrected chi connectivity index (χ2v) is 6.94. The van der Waals surface area contributed by atoms with Crippen molar-refractivity contribution in [3.05, 3.63) is 68.4 Å². The molecule has 4 heterocycles. The average molecular weight is 325 g/mol. The molecule has 0 radical (unpaired) electrons. The minimum absolute atomic E-state index is 0.0000183. The van der Waals surface area contributed by atoms with Gasteiger partial charge in [-0.2, -0.15) is 11.3 Å². The van der Waals surface area contributed by atoms with Crippen LogP contribution >= 0.6 is 11.3 Å². The third-order valence-corrected chi connectivity index (χ3v) is 5.30. The van der Waals surface area contributed by atoms with Gasteiger partial charge in [0.25, 0.3) is 5.56 Å². The van der Waals surface area contributed by atoms with Crippen LogP contribution in [-0.2, 0) is 6.54 Å². The lowest BCUT2D eigenvalue weighted by Crippen LogP contribution is -2.25. The Hall–Kier alpha value is -1.98. The number of rotatable bonds is 3. The van der Waals surface area contributed by atoms with E-state index in [2.05, 4.69) is 21.7 Å². The number of aryl methyl sites for hydroxylation is 1. The zero-order valence-electron chi connectivity index (χ0n) is 13.1. The van der Waals surface area contributed by atoms with Crippen molar-refractivity contribution >= 4 is 17.0 Å². The summed E-state index contributed by atoms with van der Waals surface area (Å²) in [6.07, 6.45) is 4.17. The Morgan fingerprint density at radius 1 is 1.39 bits per heavy atom. The van der Waals surface area contributed by atoms with E-state index in [1.807, 2.05) is 19.1 Å². The molecule has 3 aromatic heterocycles. The van der Waals surface area contributed by atoms with E-state index in [1.54, 1.807) is 28.0 Å². The molecule has 1 atom stereocenters. The normalized spacial score (nSPS) is 18.7. The Bertz CT molecular complexity index is 885. The summed E-state index contributed by atoms with van der Waals surface area (Å²) in [5.41, 5.74) is 4.05. The first-order valence-electron chi connectivity index (χ1n) is 7.96. The predicted molar refractivity (Wildman–Crippen MR) is 92.9 cm³/mol. The van der Waals surface area contributed by atoms with E-state index in [9.17, 15) is 4.79 Å². The van der Waals surface area contributed by atoms with E-state index in [4.69, 9.17) is 4.98 Å². The van der Waals surface area contributed by atoms with Gasteiger partial charge in [0, 0.05) is 24.8 Å². The van der Waals surface area contributed by atoms with Crippen LogP contribution in [0.3, 0.4) is 0 Å². The molecule has 1 unspecified atom stereocenters. The molecule has 1 aliphatic heterocycles. The van der Waals surface area contributed by atoms with Crippen LogP contribution in [0.15, 0.2) is 46.0 Å². The van der Waals surface area contributed by atoms with E-state index in [-0.39, 0.29) is 5.56 Å². The number of nitrogens with zero attached hydrogens (tertiary/aromatic N) is 3. The van der Waals surface area contributed by atoms with Crippen LogP contribution in [0.2, 0.25) is 0 Å². The molecule has 118 valence electrons. The van der Waals surface area contributed by atoms with Crippen molar-refractivity contribution in [2.24, 2.45) is 0 Å². The Kier molecular flexibility index (Phi) is 3.75. The van der Waals surface area contributed by atoms with E-state index >= 15 is 0 Å². The monoisotopic (exact) mass is 325 g/mol. The summed E-state index contributed by atoms with van der Waals surface area (Å²) in [6.45, 7) is 3.80. The fraction of sp³-hybridized carbons (Fsp3) is 0.333. The molecule has 1 aliphatic rings. The summed E-state index contributed by atoms with van der Waals surface area (Å²) >= 11 is 1.75. The Morgan fingerprint density at radius 2 is 2.30 bits per heavy atom. The maximum absolute atomic E-state index is 12.3. The summed E-state index contributed by atoms with van der Waals surface area (Å²) < 4.78 is 1.62. The van der Waals surface area contributed by atoms with Gasteiger partial charge in [-0.3, -0.25) is 14.1 Å². The standard InChI is InChI=1S/C18H19N3OS/c1-13-4-2-8-21-17(22)10-15(19-18(13)21)11-20-7-3-5-16(20)14-6-9-23-12-14/h2,4,6,8-10,12,16H,3,5,7,11H2,1H3. The third kappa shape index (κ3) is 2.71. The summed E-state index contributed by atoms with van der Waals surface area (Å²) in [4.78, 5) is 19.5. The van der Waals surface area contributed by atoms with Crippen LogP contribution in [-0.4, -0.2) is 20.8 Å². The molecule has 0 aromatic carbocycles. The van der Waals surface area contributed by atoms with Crippen LogP contribution in [0, 0.1) is 6.92 Å². The van der Waals surface area contributed by atoms with Crippen LogP contribution in [0.5, 0.6) is 0 Å². The minimum atomic E-state index is -0.0000183. The summed E-state index contributed by atoms with van der Waals surface area (Å²) in [5, 5.41) is 4.37. The zero-order chi connectivity index (χ0) is 15.8. The van der Waals surface area contributed by atoms with Crippen LogP contribution < -0.4 is 5.56 Å². The number of hydrogen-bond donors (Lipinski definition) is 0. The Balaban J connectivity index is 1.67. The van der Waals surface area contributed by atoms with Gasteiger partial charge in [-0.15, -0.1) is 0 Å². The molecule has 0 saturated carbocycles. The highest BCUT2D eigenvalue weighted by Crippen LogP contribution is 2.33. The van der Waals surface area contributed by atoms with Gasteiger partial charge in [-0.25, -0.2) is 4.98 Å². The van der Waals surface area contributed by atoms with E-state index < -0.39 is 0 Å². The van der Waals surface area contributed by atoms with Crippen molar-refractivity contribution in [3.8, 4) is 0 Å². The molecule has 4 rings (SSSR count). The molecular weight excluding hydrogens is 306 g/mol. The molecule has 0 amide bonds. The van der Waals surface area contributed by atoms with Crippen molar-refractivity contribution in [3.63, 3.8) is 0 Å². The van der Waals surface area contributed by atoms with Crippen LogP contribution in [0.1, 0.15) is 35.7 Å². The molecule has 4 nitrogen and oxygen atoms in total. The number of pyridine rings is 1. The SMILES string of the molecule is Cc1cccn2c(=O)cc(CN3CCCC3c3ccsc3)nc12. The predicted octanol–water partition coefficient (Wildman–Crippen LogP) is 3.40. The zero-order valence-corrected chi connectivity index (χ0v) is 13.9. The van der Waals surface area contributed by atoms with Crippen molar-refractivity contribution in [1.29, 1.82) is 0 Å². The van der Waals surface area contributed by atoms with Gasteiger partial charge in [0.2, 0.25) is 0 Å². The molecule has 23 heavy (non-hydrogen) atoms. The largest absolute Gasteiger partial charge is 0.290 e. The van der Waals surface area contributed by atoms with Gasteiger partial charge in [-0.1, -0.05) is 6.07 Å². The maximum atomic E-state index is 12.3. The van der Waals surface area contributed by atoms with Crippen molar-refractivity contribution < 1.29 is 0 Å². The van der Waals surface area contributed by atoms with Gasteiger partial charge in [0.15, 0.2) is 0 Å². The van der Waals surface area contributed by atoms with Crippen LogP contribution in [0.25, 0.3) is 5.65 Å². The molecule has 0 bridgehead atoms. The van der Waals surface area contributed by atoms with Crippen molar-refractivity contribution in [2.45, 2.75) is 32.4 Å². The van der Waals surface area contributed by atoms with Crippen LogP contribution in [0.4, 0.5) is 0 Å². The van der Waals surface area contributed by atoms with Gasteiger partial charge in [0.05, 0.1) is 5.69 Å². The molecule has 0 spiro atoms. The second-order valence-electron chi connectivity index (χ2n) is 6.16. The van der Waals surface area contributed by atoms with E-state index in [0.717, 1.165) is 30.0 Å². The lowest BCUT2D eigenvalue weighted by Gasteiger charge is -2.23. The summed E-state index contributed by atoms with van der Waals surface area (Å²) in [7, 11) is 0. The molecule has 1 fully saturated rings. The molecule has 0 N–H and O–H groups in total. The molecule has 5 heteroatoms. The number of likely N-dealkylation sites (tertiary alicyclic amines) is 1. The topological polar surface area (TPSA) is 37.6 Å². The summed E-state index contributed by atoms with van der Waals surface area (Å²) in [6, 6.07) is 8.22. The molecule has 0 aliphatic carbocycles. The fourth-order valence-corrected chi connectivity index (χ4v) is 4.16. The first kappa shape index (κ1) is 14.6. The second kappa shape index (κ2) is 5.91. The Morgan fingerprint density at radius 3 is 3.13 bits per heavy atom. The first-order chi connectivity index (χ1) is 11.2. The van der Waals surface area contributed by atoms with E-state index in [0.29, 0.717) is 6.04 Å².